The standard InChI is InChI=1S/C59H82FN13O9/c1-8-45(39-13-10-9-11-14-39)67-56(76)49-33-42(36-72(49)58(78)53(59(3,4)5)68-55(75)38(2)63-6)64-20-24-80-26-28-82-30-29-81-27-25-79-23-18-51(74)65-19-22-73-50(34-61)52-40-31-48(54(62)66-35-40)71-21-12-15-47(71)44-32-41(60)16-17-43(44)57(77)70(7)37-46(52)69-73/h9-11,13-14,16-17,31-32,35,38,42,45,47,49,53,63-64H,8,12,15,18-30,33,36-37H2,1-7H3,(H2,62,66)(H,65,74)(H,67,76)(H,68,75)/t38-,42-,45+,47-,49-,53+/m1/s1. The number of nitrogen functional groups attached to an aromatic ring is 1. The lowest BCUT2D eigenvalue weighted by Crippen LogP contribution is -2.59. The summed E-state index contributed by atoms with van der Waals surface area (Å²) >= 11 is 0. The Bertz CT molecular complexity index is 2860. The second-order valence-corrected chi connectivity index (χ2v) is 22.0. The van der Waals surface area contributed by atoms with E-state index in [-0.39, 0.29) is 105 Å². The number of amides is 5. The first-order valence-corrected chi connectivity index (χ1v) is 28.5. The summed E-state index contributed by atoms with van der Waals surface area (Å²) < 4.78 is 39.0. The number of nitrogens with one attached hydrogen (secondary N) is 5. The largest absolute Gasteiger partial charge is 0.382 e. The molecule has 4 aromatic rings. The first-order valence-electron chi connectivity index (χ1n) is 28.5. The molecule has 2 aromatic carbocycles. The van der Waals surface area contributed by atoms with Crippen LogP contribution in [0.25, 0.3) is 11.1 Å². The minimum atomic E-state index is -0.858. The molecule has 2 fully saturated rings. The van der Waals surface area contributed by atoms with Gasteiger partial charge in [-0.3, -0.25) is 28.7 Å². The van der Waals surface area contributed by atoms with Gasteiger partial charge in [0.05, 0.1) is 95.5 Å². The number of aromatic nitrogens is 3. The zero-order valence-electron chi connectivity index (χ0n) is 48.4. The number of likely N-dealkylation sites (tertiary alicyclic amines) is 1. The Morgan fingerprint density at radius 1 is 0.939 bits per heavy atom. The monoisotopic (exact) mass is 1140 g/mol. The van der Waals surface area contributed by atoms with Crippen molar-refractivity contribution in [2.45, 2.75) is 116 Å². The summed E-state index contributed by atoms with van der Waals surface area (Å²) in [5, 5.41) is 30.6. The SMILES string of the molecule is CC[C@H](NC(=O)[C@H]1C[C@@H](NCCOCCOCCOCCOCCC(=O)NCCn2nc3c(c2C#N)-c2cnc(N)c(c2)N2CCC[C@@H]2c2cc(F)ccc2C(=O)N(C)C3)CN1C(=O)[C@H](NC(=O)[C@@H](C)NC)C(C)(C)C)c1ccccc1. The number of hydrogen-bond acceptors (Lipinski definition) is 16. The fourth-order valence-electron chi connectivity index (χ4n) is 10.6. The highest BCUT2D eigenvalue weighted by atomic mass is 19.1. The van der Waals surface area contributed by atoms with Crippen LogP contribution in [0.4, 0.5) is 15.9 Å². The number of ether oxygens (including phenoxy) is 4. The van der Waals surface area contributed by atoms with Gasteiger partial charge in [0.2, 0.25) is 23.6 Å². The molecule has 7 rings (SSSR count). The zero-order valence-corrected chi connectivity index (χ0v) is 48.4. The van der Waals surface area contributed by atoms with Gasteiger partial charge in [-0.25, -0.2) is 9.37 Å². The third-order valence-electron chi connectivity index (χ3n) is 15.2. The van der Waals surface area contributed by atoms with Crippen LogP contribution in [0.3, 0.4) is 0 Å². The molecule has 23 heteroatoms. The molecular weight excluding hydrogens is 1050 g/mol. The molecule has 2 aromatic heterocycles. The first-order chi connectivity index (χ1) is 39.4. The normalized spacial score (nSPS) is 18.1. The van der Waals surface area contributed by atoms with Crippen LogP contribution in [0.1, 0.15) is 112 Å². The van der Waals surface area contributed by atoms with Crippen molar-refractivity contribution in [3.8, 4) is 17.2 Å². The van der Waals surface area contributed by atoms with Gasteiger partial charge in [-0.2, -0.15) is 10.4 Å². The highest BCUT2D eigenvalue weighted by molar-refractivity contribution is 5.96. The number of carbonyl (C=O) groups excluding carboxylic acids is 5. The van der Waals surface area contributed by atoms with Crippen LogP contribution < -0.4 is 37.2 Å². The summed E-state index contributed by atoms with van der Waals surface area (Å²) in [7, 11) is 3.33. The first kappa shape index (κ1) is 62.5. The van der Waals surface area contributed by atoms with E-state index in [0.29, 0.717) is 106 Å². The van der Waals surface area contributed by atoms with Gasteiger partial charge in [-0.1, -0.05) is 58.0 Å². The van der Waals surface area contributed by atoms with Crippen molar-refractivity contribution in [1.82, 2.24) is 51.1 Å². The maximum atomic E-state index is 14.7. The summed E-state index contributed by atoms with van der Waals surface area (Å²) in [6, 6.07) is 15.3. The number of halogens is 1. The van der Waals surface area contributed by atoms with E-state index < -0.39 is 29.4 Å². The minimum absolute atomic E-state index is 0.0487. The Morgan fingerprint density at radius 2 is 1.63 bits per heavy atom. The average molecular weight is 1140 g/mol. The number of carbonyl (C=O) groups is 5. The lowest BCUT2D eigenvalue weighted by atomic mass is 9.85. The predicted molar refractivity (Wildman–Crippen MR) is 306 cm³/mol. The van der Waals surface area contributed by atoms with Crippen molar-refractivity contribution in [2.24, 2.45) is 5.41 Å². The summed E-state index contributed by atoms with van der Waals surface area (Å²) in [5.41, 5.74) is 10.2. The molecule has 82 heavy (non-hydrogen) atoms. The smallest absolute Gasteiger partial charge is 0.254 e. The number of benzene rings is 2. The fraction of sp³-hybridized carbons (Fsp3) is 0.559. The summed E-state index contributed by atoms with van der Waals surface area (Å²) in [4.78, 5) is 77.8. The van der Waals surface area contributed by atoms with Crippen molar-refractivity contribution in [2.75, 3.05) is 104 Å². The van der Waals surface area contributed by atoms with E-state index in [1.54, 1.807) is 32.1 Å². The molecule has 3 aliphatic rings. The van der Waals surface area contributed by atoms with Gasteiger partial charge < -0.3 is 66.0 Å². The van der Waals surface area contributed by atoms with Crippen LogP contribution in [0.15, 0.2) is 60.8 Å². The lowest BCUT2D eigenvalue weighted by Gasteiger charge is -2.36. The quantitative estimate of drug-likeness (QED) is 0.0461. The molecule has 2 bridgehead atoms. The maximum Gasteiger partial charge on any atom is 0.254 e. The van der Waals surface area contributed by atoms with Crippen LogP contribution in [-0.2, 0) is 51.2 Å². The molecule has 0 saturated carbocycles. The van der Waals surface area contributed by atoms with Gasteiger partial charge in [-0.15, -0.1) is 0 Å². The molecule has 2 saturated heterocycles. The third kappa shape index (κ3) is 16.1. The highest BCUT2D eigenvalue weighted by Gasteiger charge is 2.45. The van der Waals surface area contributed by atoms with Crippen LogP contribution >= 0.6 is 0 Å². The van der Waals surface area contributed by atoms with Gasteiger partial charge in [-0.05, 0) is 80.5 Å². The summed E-state index contributed by atoms with van der Waals surface area (Å²) in [5.74, 6) is -1.56. The third-order valence-corrected chi connectivity index (χ3v) is 15.2. The van der Waals surface area contributed by atoms with E-state index in [1.807, 2.05) is 69.0 Å². The van der Waals surface area contributed by atoms with E-state index in [0.717, 1.165) is 12.0 Å². The Morgan fingerprint density at radius 3 is 2.30 bits per heavy atom. The molecule has 0 unspecified atom stereocenters. The van der Waals surface area contributed by atoms with Crippen LogP contribution in [0.2, 0.25) is 0 Å². The second kappa shape index (κ2) is 29.8. The molecule has 0 spiro atoms. The molecule has 444 valence electrons. The van der Waals surface area contributed by atoms with Gasteiger partial charge in [0.1, 0.15) is 35.5 Å². The average Bonchev–Trinajstić information content (AvgIpc) is 4.41. The molecule has 3 aliphatic heterocycles. The lowest BCUT2D eigenvalue weighted by molar-refractivity contribution is -0.144. The molecule has 0 radical (unpaired) electrons. The molecule has 6 atom stereocenters. The molecule has 0 aliphatic carbocycles. The van der Waals surface area contributed by atoms with E-state index >= 15 is 0 Å². The van der Waals surface area contributed by atoms with Gasteiger partial charge in [0, 0.05) is 68.6 Å². The summed E-state index contributed by atoms with van der Waals surface area (Å²) in [6.45, 7) is 13.8. The number of nitriles is 1. The van der Waals surface area contributed by atoms with Crippen molar-refractivity contribution >= 4 is 41.0 Å². The molecule has 7 N–H and O–H groups in total. The molecule has 22 nitrogen and oxygen atoms in total. The van der Waals surface area contributed by atoms with E-state index in [1.165, 1.54) is 27.8 Å². The van der Waals surface area contributed by atoms with Crippen molar-refractivity contribution < 1.29 is 47.3 Å². The van der Waals surface area contributed by atoms with E-state index in [9.17, 15) is 33.6 Å². The van der Waals surface area contributed by atoms with Crippen molar-refractivity contribution in [1.29, 1.82) is 5.26 Å². The summed E-state index contributed by atoms with van der Waals surface area (Å²) in [6.07, 6.45) is 4.25. The van der Waals surface area contributed by atoms with Crippen molar-refractivity contribution in [3.63, 3.8) is 0 Å². The number of nitrogens with zero attached hydrogens (tertiary/aromatic N) is 7. The van der Waals surface area contributed by atoms with Crippen LogP contribution in [0, 0.1) is 22.6 Å². The Kier molecular flexibility index (Phi) is 22.7. The number of anilines is 2. The Balaban J connectivity index is 0.783. The topological polar surface area (TPSA) is 273 Å². The Labute approximate surface area is 480 Å². The Hall–Kier alpha value is -7.07. The number of hydrogen-bond donors (Lipinski definition) is 6. The zero-order chi connectivity index (χ0) is 58.9. The fourth-order valence-corrected chi connectivity index (χ4v) is 10.6. The molecule has 5 heterocycles. The van der Waals surface area contributed by atoms with Gasteiger partial charge >= 0.3 is 0 Å². The number of nitrogens with two attached hydrogens (primary N) is 1. The van der Waals surface area contributed by atoms with Gasteiger partial charge in [0.15, 0.2) is 0 Å². The van der Waals surface area contributed by atoms with Gasteiger partial charge in [0.25, 0.3) is 5.91 Å². The number of fused-ring (bicyclic) bond motifs is 8. The number of pyridine rings is 1. The number of rotatable bonds is 27. The second-order valence-electron chi connectivity index (χ2n) is 22.0. The number of likely N-dealkylation sites (N-methyl/N-ethyl adjacent to an activating group) is 1. The highest BCUT2D eigenvalue weighted by Crippen LogP contribution is 2.42. The van der Waals surface area contributed by atoms with Crippen molar-refractivity contribution in [3.05, 3.63) is 94.7 Å². The van der Waals surface area contributed by atoms with Crippen LogP contribution in [0.5, 0.6) is 0 Å². The van der Waals surface area contributed by atoms with E-state index in [2.05, 4.69) is 37.6 Å². The molecule has 5 amide bonds. The minimum Gasteiger partial charge on any atom is -0.382 e. The van der Waals surface area contributed by atoms with E-state index in [4.69, 9.17) is 29.8 Å². The maximum absolute atomic E-state index is 14.7. The predicted octanol–water partition coefficient (Wildman–Crippen LogP) is 4.00. The van der Waals surface area contributed by atoms with Crippen LogP contribution in [-0.4, -0.2) is 171 Å². The molecular formula is C59H82FN13O9.